The van der Waals surface area contributed by atoms with Crippen LogP contribution in [0.1, 0.15) is 27.4 Å². The van der Waals surface area contributed by atoms with Crippen LogP contribution in [0.4, 0.5) is 4.39 Å². The molecule has 5 nitrogen and oxygen atoms in total. The Kier molecular flexibility index (Phi) is 4.69. The molecule has 21 heavy (non-hydrogen) atoms. The average Bonchev–Trinajstić information content (AvgIpc) is 2.88. The molecular formula is C15H14FN3O2. The number of carbonyl (C=O) groups excluding carboxylic acids is 1. The van der Waals surface area contributed by atoms with Gasteiger partial charge in [0.25, 0.3) is 5.91 Å². The van der Waals surface area contributed by atoms with Gasteiger partial charge >= 0.3 is 0 Å². The first-order chi connectivity index (χ1) is 10.1. The second kappa shape index (κ2) is 6.68. The summed E-state index contributed by atoms with van der Waals surface area (Å²) in [7, 11) is 0. The Morgan fingerprint density at radius 2 is 2.29 bits per heavy atom. The number of nitrogens with two attached hydrogens (primary N) is 1. The quantitative estimate of drug-likeness (QED) is 0.835. The highest BCUT2D eigenvalue weighted by Gasteiger charge is 2.12. The third kappa shape index (κ3) is 3.91. The van der Waals surface area contributed by atoms with Crippen LogP contribution >= 0.6 is 0 Å². The first-order valence-electron chi connectivity index (χ1n) is 6.29. The third-order valence-electron chi connectivity index (χ3n) is 2.66. The van der Waals surface area contributed by atoms with Gasteiger partial charge in [0.1, 0.15) is 17.3 Å². The first-order valence-corrected chi connectivity index (χ1v) is 6.29. The minimum Gasteiger partial charge on any atom is -0.361 e. The van der Waals surface area contributed by atoms with Crippen molar-refractivity contribution in [2.24, 2.45) is 5.73 Å². The second-order valence-electron chi connectivity index (χ2n) is 4.31. The van der Waals surface area contributed by atoms with Crippen molar-refractivity contribution >= 4 is 5.91 Å². The molecule has 0 radical (unpaired) electrons. The predicted molar refractivity (Wildman–Crippen MR) is 74.7 cm³/mol. The summed E-state index contributed by atoms with van der Waals surface area (Å²) in [6, 6.07) is 5.53. The lowest BCUT2D eigenvalue weighted by molar-refractivity contribution is 0.0950. The molecule has 2 rings (SSSR count). The Hall–Kier alpha value is -2.65. The van der Waals surface area contributed by atoms with Crippen molar-refractivity contribution in [2.75, 3.05) is 6.54 Å². The normalized spacial score (nSPS) is 9.86. The van der Waals surface area contributed by atoms with E-state index in [1.807, 2.05) is 0 Å². The molecule has 0 saturated carbocycles. The molecule has 0 unspecified atom stereocenters. The number of hydrogen-bond acceptors (Lipinski definition) is 4. The summed E-state index contributed by atoms with van der Waals surface area (Å²) < 4.78 is 18.1. The van der Waals surface area contributed by atoms with E-state index in [-0.39, 0.29) is 24.6 Å². The predicted octanol–water partition coefficient (Wildman–Crippen LogP) is 1.36. The van der Waals surface area contributed by atoms with Crippen LogP contribution in [0.25, 0.3) is 0 Å². The monoisotopic (exact) mass is 287 g/mol. The van der Waals surface area contributed by atoms with Crippen LogP contribution in [-0.4, -0.2) is 17.6 Å². The number of amides is 1. The maximum absolute atomic E-state index is 13.2. The summed E-state index contributed by atoms with van der Waals surface area (Å²) in [6.07, 6.45) is 0. The average molecular weight is 287 g/mol. The molecule has 0 aliphatic heterocycles. The van der Waals surface area contributed by atoms with E-state index < -0.39 is 5.82 Å². The van der Waals surface area contributed by atoms with E-state index in [0.717, 1.165) is 0 Å². The van der Waals surface area contributed by atoms with E-state index in [0.29, 0.717) is 17.0 Å². The smallest absolute Gasteiger partial charge is 0.252 e. The molecule has 1 aromatic heterocycles. The maximum atomic E-state index is 13.2. The molecule has 0 spiro atoms. The van der Waals surface area contributed by atoms with Crippen molar-refractivity contribution in [1.82, 2.24) is 10.5 Å². The highest BCUT2D eigenvalue weighted by molar-refractivity contribution is 5.96. The number of rotatable bonds is 3. The SMILES string of the molecule is Cc1cc(CNC(=O)c2ccc(F)cc2C#CCN)no1. The van der Waals surface area contributed by atoms with E-state index in [1.54, 1.807) is 13.0 Å². The van der Waals surface area contributed by atoms with Crippen LogP contribution in [0.5, 0.6) is 0 Å². The van der Waals surface area contributed by atoms with Gasteiger partial charge in [0, 0.05) is 11.6 Å². The minimum absolute atomic E-state index is 0.135. The summed E-state index contributed by atoms with van der Waals surface area (Å²) in [5, 5.41) is 6.46. The lowest BCUT2D eigenvalue weighted by Gasteiger charge is -2.05. The van der Waals surface area contributed by atoms with E-state index in [1.165, 1.54) is 18.2 Å². The third-order valence-corrected chi connectivity index (χ3v) is 2.66. The van der Waals surface area contributed by atoms with Crippen molar-refractivity contribution in [2.45, 2.75) is 13.5 Å². The Morgan fingerprint density at radius 1 is 1.48 bits per heavy atom. The molecule has 2 aromatic rings. The van der Waals surface area contributed by atoms with Gasteiger partial charge in [-0.25, -0.2) is 4.39 Å². The molecular weight excluding hydrogens is 273 g/mol. The zero-order chi connectivity index (χ0) is 15.2. The van der Waals surface area contributed by atoms with Crippen LogP contribution in [0.15, 0.2) is 28.8 Å². The molecule has 0 fully saturated rings. The molecule has 1 heterocycles. The van der Waals surface area contributed by atoms with Crippen LogP contribution in [-0.2, 0) is 6.54 Å². The number of nitrogens with one attached hydrogen (secondary N) is 1. The standard InChI is InChI=1S/C15H14FN3O2/c1-10-7-13(19-21-10)9-18-15(20)14-5-4-12(16)8-11(14)3-2-6-17/h4-5,7-8H,6,9,17H2,1H3,(H,18,20). The van der Waals surface area contributed by atoms with Gasteiger partial charge in [0.15, 0.2) is 0 Å². The zero-order valence-corrected chi connectivity index (χ0v) is 11.4. The van der Waals surface area contributed by atoms with Crippen molar-refractivity contribution in [3.05, 3.63) is 52.7 Å². The van der Waals surface area contributed by atoms with Crippen molar-refractivity contribution < 1.29 is 13.7 Å². The number of benzene rings is 1. The molecule has 0 saturated heterocycles. The lowest BCUT2D eigenvalue weighted by Crippen LogP contribution is -2.24. The number of aromatic nitrogens is 1. The lowest BCUT2D eigenvalue weighted by atomic mass is 10.1. The summed E-state index contributed by atoms with van der Waals surface area (Å²) in [5.74, 6) is 5.14. The molecule has 6 heteroatoms. The second-order valence-corrected chi connectivity index (χ2v) is 4.31. The molecule has 0 atom stereocenters. The van der Waals surface area contributed by atoms with Gasteiger partial charge in [0.2, 0.25) is 0 Å². The Labute approximate surface area is 121 Å². The van der Waals surface area contributed by atoms with Crippen molar-refractivity contribution in [1.29, 1.82) is 0 Å². The Bertz CT molecular complexity index is 713. The van der Waals surface area contributed by atoms with Crippen LogP contribution in [0, 0.1) is 24.6 Å². The number of aryl methyl sites for hydroxylation is 1. The fourth-order valence-corrected chi connectivity index (χ4v) is 1.73. The minimum atomic E-state index is -0.458. The van der Waals surface area contributed by atoms with Gasteiger partial charge in [-0.1, -0.05) is 17.0 Å². The van der Waals surface area contributed by atoms with E-state index in [4.69, 9.17) is 10.3 Å². The van der Waals surface area contributed by atoms with Gasteiger partial charge in [-0.15, -0.1) is 0 Å². The van der Waals surface area contributed by atoms with Crippen LogP contribution < -0.4 is 11.1 Å². The summed E-state index contributed by atoms with van der Waals surface area (Å²) in [6.45, 7) is 2.12. The fraction of sp³-hybridized carbons (Fsp3) is 0.200. The first kappa shape index (κ1) is 14.8. The van der Waals surface area contributed by atoms with Crippen molar-refractivity contribution in [3.8, 4) is 11.8 Å². The van der Waals surface area contributed by atoms with Crippen LogP contribution in [0.2, 0.25) is 0 Å². The number of halogens is 1. The largest absolute Gasteiger partial charge is 0.361 e. The highest BCUT2D eigenvalue weighted by Crippen LogP contribution is 2.11. The molecule has 0 bridgehead atoms. The summed E-state index contributed by atoms with van der Waals surface area (Å²) in [4.78, 5) is 12.1. The number of nitrogens with zero attached hydrogens (tertiary/aromatic N) is 1. The summed E-state index contributed by atoms with van der Waals surface area (Å²) in [5.41, 5.74) is 6.49. The molecule has 1 amide bonds. The topological polar surface area (TPSA) is 81.2 Å². The molecule has 0 aliphatic carbocycles. The molecule has 0 aliphatic rings. The van der Waals surface area contributed by atoms with Gasteiger partial charge in [-0.3, -0.25) is 4.79 Å². The molecule has 1 aromatic carbocycles. The molecule has 3 N–H and O–H groups in total. The van der Waals surface area contributed by atoms with Gasteiger partial charge in [0.05, 0.1) is 18.7 Å². The van der Waals surface area contributed by atoms with Gasteiger partial charge < -0.3 is 15.6 Å². The Morgan fingerprint density at radius 3 is 2.95 bits per heavy atom. The highest BCUT2D eigenvalue weighted by atomic mass is 19.1. The van der Waals surface area contributed by atoms with Gasteiger partial charge in [-0.2, -0.15) is 0 Å². The van der Waals surface area contributed by atoms with Gasteiger partial charge in [-0.05, 0) is 25.1 Å². The zero-order valence-electron chi connectivity index (χ0n) is 11.4. The van der Waals surface area contributed by atoms with E-state index >= 15 is 0 Å². The molecule has 108 valence electrons. The summed E-state index contributed by atoms with van der Waals surface area (Å²) >= 11 is 0. The number of carbonyl (C=O) groups is 1. The van der Waals surface area contributed by atoms with Crippen molar-refractivity contribution in [3.63, 3.8) is 0 Å². The maximum Gasteiger partial charge on any atom is 0.252 e. The number of hydrogen-bond donors (Lipinski definition) is 2. The Balaban J connectivity index is 2.14. The van der Waals surface area contributed by atoms with Crippen LogP contribution in [0.3, 0.4) is 0 Å². The van der Waals surface area contributed by atoms with E-state index in [2.05, 4.69) is 22.3 Å². The van der Waals surface area contributed by atoms with E-state index in [9.17, 15) is 9.18 Å². The fourth-order valence-electron chi connectivity index (χ4n) is 1.73.